The van der Waals surface area contributed by atoms with Crippen molar-refractivity contribution in [1.29, 1.82) is 0 Å². The molecule has 9 heteroatoms. The molecule has 144 valence electrons. The lowest BCUT2D eigenvalue weighted by molar-refractivity contribution is -0.384. The number of rotatable bonds is 4. The molecule has 0 atom stereocenters. The van der Waals surface area contributed by atoms with Crippen LogP contribution in [0.2, 0.25) is 5.02 Å². The summed E-state index contributed by atoms with van der Waals surface area (Å²) in [6.45, 7) is 0. The van der Waals surface area contributed by atoms with Gasteiger partial charge in [-0.1, -0.05) is 11.6 Å². The first kappa shape index (κ1) is 18.6. The summed E-state index contributed by atoms with van der Waals surface area (Å²) in [7, 11) is 0. The standard InChI is InChI=1S/C20H11ClFN3O4/c21-16-10-14(25(27)28)6-7-15(16)19(26)23-13-5-8-18-17(9-13)24-20(29-18)11-1-3-12(22)4-2-11/h1-10H,(H,23,26). The molecule has 0 aliphatic carbocycles. The lowest BCUT2D eigenvalue weighted by Gasteiger charge is -2.06. The first-order valence-corrected chi connectivity index (χ1v) is 8.70. The molecule has 1 aromatic heterocycles. The van der Waals surface area contributed by atoms with E-state index in [1.165, 1.54) is 24.3 Å². The number of amides is 1. The Kier molecular flexibility index (Phi) is 4.69. The zero-order valence-corrected chi connectivity index (χ0v) is 15.3. The maximum Gasteiger partial charge on any atom is 0.270 e. The van der Waals surface area contributed by atoms with Gasteiger partial charge in [0.2, 0.25) is 5.89 Å². The number of nitrogens with one attached hydrogen (secondary N) is 1. The fourth-order valence-electron chi connectivity index (χ4n) is 2.72. The third-order valence-electron chi connectivity index (χ3n) is 4.14. The number of carbonyl (C=O) groups excluding carboxylic acids is 1. The van der Waals surface area contributed by atoms with Gasteiger partial charge in [0.1, 0.15) is 11.3 Å². The molecular weight excluding hydrogens is 401 g/mol. The normalized spacial score (nSPS) is 10.8. The van der Waals surface area contributed by atoms with Gasteiger partial charge in [0.25, 0.3) is 11.6 Å². The highest BCUT2D eigenvalue weighted by atomic mass is 35.5. The van der Waals surface area contributed by atoms with Gasteiger partial charge in [-0.05, 0) is 48.5 Å². The van der Waals surface area contributed by atoms with Crippen molar-refractivity contribution in [1.82, 2.24) is 4.98 Å². The number of aromatic nitrogens is 1. The van der Waals surface area contributed by atoms with Crippen LogP contribution in [0.25, 0.3) is 22.6 Å². The lowest BCUT2D eigenvalue weighted by atomic mass is 10.2. The van der Waals surface area contributed by atoms with Crippen LogP contribution >= 0.6 is 11.6 Å². The van der Waals surface area contributed by atoms with Crippen LogP contribution in [0.1, 0.15) is 10.4 Å². The summed E-state index contributed by atoms with van der Waals surface area (Å²) in [5.74, 6) is -0.562. The van der Waals surface area contributed by atoms with Gasteiger partial charge in [0.15, 0.2) is 5.58 Å². The Labute approximate surface area is 167 Å². The largest absolute Gasteiger partial charge is 0.436 e. The second kappa shape index (κ2) is 7.33. The maximum absolute atomic E-state index is 13.1. The Hall–Kier alpha value is -3.78. The molecule has 1 amide bonds. The minimum Gasteiger partial charge on any atom is -0.436 e. The molecule has 0 spiro atoms. The Bertz CT molecular complexity index is 1250. The van der Waals surface area contributed by atoms with E-state index in [0.717, 1.165) is 6.07 Å². The third kappa shape index (κ3) is 3.78. The van der Waals surface area contributed by atoms with Gasteiger partial charge in [0.05, 0.1) is 15.5 Å². The molecule has 29 heavy (non-hydrogen) atoms. The van der Waals surface area contributed by atoms with E-state index in [-0.39, 0.29) is 22.1 Å². The van der Waals surface area contributed by atoms with E-state index >= 15 is 0 Å². The quantitative estimate of drug-likeness (QED) is 0.355. The van der Waals surface area contributed by atoms with Crippen molar-refractivity contribution in [3.8, 4) is 11.5 Å². The molecule has 4 aromatic rings. The van der Waals surface area contributed by atoms with Crippen LogP contribution in [-0.4, -0.2) is 15.8 Å². The van der Waals surface area contributed by atoms with Gasteiger partial charge < -0.3 is 9.73 Å². The van der Waals surface area contributed by atoms with Crippen molar-refractivity contribution in [2.75, 3.05) is 5.32 Å². The molecule has 1 heterocycles. The first-order valence-electron chi connectivity index (χ1n) is 8.32. The second-order valence-electron chi connectivity index (χ2n) is 6.08. The lowest BCUT2D eigenvalue weighted by Crippen LogP contribution is -2.12. The molecule has 0 aliphatic rings. The highest BCUT2D eigenvalue weighted by Gasteiger charge is 2.16. The van der Waals surface area contributed by atoms with Gasteiger partial charge in [-0.25, -0.2) is 9.37 Å². The minimum atomic E-state index is -0.592. The molecule has 0 unspecified atom stereocenters. The Morgan fingerprint density at radius 3 is 2.55 bits per heavy atom. The first-order chi connectivity index (χ1) is 13.9. The van der Waals surface area contributed by atoms with Crippen LogP contribution in [0, 0.1) is 15.9 Å². The van der Waals surface area contributed by atoms with E-state index in [0.29, 0.717) is 28.2 Å². The molecule has 0 radical (unpaired) electrons. The van der Waals surface area contributed by atoms with Crippen molar-refractivity contribution >= 4 is 40.0 Å². The summed E-state index contributed by atoms with van der Waals surface area (Å²) >= 11 is 5.99. The number of anilines is 1. The summed E-state index contributed by atoms with van der Waals surface area (Å²) in [6, 6.07) is 14.2. The van der Waals surface area contributed by atoms with Gasteiger partial charge in [-0.3, -0.25) is 14.9 Å². The van der Waals surface area contributed by atoms with Gasteiger partial charge in [-0.15, -0.1) is 0 Å². The number of halogens is 2. The number of oxazole rings is 1. The van der Waals surface area contributed by atoms with E-state index < -0.39 is 10.8 Å². The fourth-order valence-corrected chi connectivity index (χ4v) is 2.98. The zero-order valence-electron chi connectivity index (χ0n) is 14.6. The molecule has 3 aromatic carbocycles. The molecule has 1 N–H and O–H groups in total. The second-order valence-corrected chi connectivity index (χ2v) is 6.49. The van der Waals surface area contributed by atoms with Crippen molar-refractivity contribution in [3.63, 3.8) is 0 Å². The molecule has 0 bridgehead atoms. The van der Waals surface area contributed by atoms with Crippen molar-refractivity contribution < 1.29 is 18.5 Å². The van der Waals surface area contributed by atoms with Crippen LogP contribution in [0.4, 0.5) is 15.8 Å². The number of non-ortho nitro benzene ring substituents is 1. The topological polar surface area (TPSA) is 98.3 Å². The average Bonchev–Trinajstić information content (AvgIpc) is 3.11. The van der Waals surface area contributed by atoms with Crippen LogP contribution in [0.5, 0.6) is 0 Å². The summed E-state index contributed by atoms with van der Waals surface area (Å²) in [5.41, 5.74) is 1.95. The van der Waals surface area contributed by atoms with Gasteiger partial charge >= 0.3 is 0 Å². The third-order valence-corrected chi connectivity index (χ3v) is 4.46. The van der Waals surface area contributed by atoms with Crippen molar-refractivity contribution in [3.05, 3.63) is 87.2 Å². The SMILES string of the molecule is O=C(Nc1ccc2oc(-c3ccc(F)cc3)nc2c1)c1ccc([N+](=O)[O-])cc1Cl. The van der Waals surface area contributed by atoms with Crippen LogP contribution in [0.15, 0.2) is 65.1 Å². The number of fused-ring (bicyclic) bond motifs is 1. The molecule has 0 fully saturated rings. The number of carbonyl (C=O) groups is 1. The summed E-state index contributed by atoms with van der Waals surface area (Å²) < 4.78 is 18.7. The summed E-state index contributed by atoms with van der Waals surface area (Å²) in [6.07, 6.45) is 0. The summed E-state index contributed by atoms with van der Waals surface area (Å²) in [5, 5.41) is 13.4. The van der Waals surface area contributed by atoms with Crippen molar-refractivity contribution in [2.45, 2.75) is 0 Å². The maximum atomic E-state index is 13.1. The Morgan fingerprint density at radius 2 is 1.86 bits per heavy atom. The fraction of sp³-hybridized carbons (Fsp3) is 0. The van der Waals surface area contributed by atoms with E-state index in [4.69, 9.17) is 16.0 Å². The van der Waals surface area contributed by atoms with Crippen molar-refractivity contribution in [2.24, 2.45) is 0 Å². The van der Waals surface area contributed by atoms with Gasteiger partial charge in [-0.2, -0.15) is 0 Å². The predicted molar refractivity (Wildman–Crippen MR) is 105 cm³/mol. The number of nitro benzene ring substituents is 1. The number of hydrogen-bond acceptors (Lipinski definition) is 5. The number of hydrogen-bond donors (Lipinski definition) is 1. The Morgan fingerprint density at radius 1 is 1.10 bits per heavy atom. The average molecular weight is 412 g/mol. The van der Waals surface area contributed by atoms with Crippen LogP contribution < -0.4 is 5.32 Å². The molecule has 0 saturated carbocycles. The number of nitro groups is 1. The summed E-state index contributed by atoms with van der Waals surface area (Å²) in [4.78, 5) is 27.0. The van der Waals surface area contributed by atoms with E-state index in [9.17, 15) is 19.3 Å². The zero-order chi connectivity index (χ0) is 20.5. The molecule has 0 saturated heterocycles. The Balaban J connectivity index is 1.59. The highest BCUT2D eigenvalue weighted by molar-refractivity contribution is 6.34. The predicted octanol–water partition coefficient (Wildman–Crippen LogP) is 5.45. The van der Waals surface area contributed by atoms with E-state index in [1.54, 1.807) is 30.3 Å². The minimum absolute atomic E-state index is 0.0298. The van der Waals surface area contributed by atoms with Crippen LogP contribution in [-0.2, 0) is 0 Å². The van der Waals surface area contributed by atoms with E-state index in [1.807, 2.05) is 0 Å². The number of nitrogens with zero attached hydrogens (tertiary/aromatic N) is 2. The smallest absolute Gasteiger partial charge is 0.270 e. The monoisotopic (exact) mass is 411 g/mol. The molecule has 0 aliphatic heterocycles. The van der Waals surface area contributed by atoms with E-state index in [2.05, 4.69) is 10.3 Å². The highest BCUT2D eigenvalue weighted by Crippen LogP contribution is 2.27. The molecule has 4 rings (SSSR count). The molecular formula is C20H11ClFN3O4. The van der Waals surface area contributed by atoms with Gasteiger partial charge in [0, 0.05) is 23.4 Å². The van der Waals surface area contributed by atoms with Crippen LogP contribution in [0.3, 0.4) is 0 Å². The number of benzene rings is 3. The molecule has 7 nitrogen and oxygen atoms in total.